The molecule has 1 aromatic rings. The van der Waals surface area contributed by atoms with Gasteiger partial charge < -0.3 is 5.11 Å². The third-order valence-corrected chi connectivity index (χ3v) is 2.10. The lowest BCUT2D eigenvalue weighted by molar-refractivity contribution is 0.146. The monoisotopic (exact) mass is 227 g/mol. The quantitative estimate of drug-likeness (QED) is 0.623. The summed E-state index contributed by atoms with van der Waals surface area (Å²) in [6, 6.07) is 0. The number of hydrogen-bond acceptors (Lipinski definition) is 2. The van der Waals surface area contributed by atoms with E-state index in [1.54, 1.807) is 0 Å². The number of alkyl halides is 3. The Hall–Kier alpha value is -0.610. The molecular weight excluding hydrogens is 223 g/mol. The largest absolute Gasteiger partial charge is 0.506 e. The van der Waals surface area contributed by atoms with E-state index in [2.05, 4.69) is 4.98 Å². The number of nitrogens with zero attached hydrogens (tertiary/aromatic N) is 1. The molecule has 0 spiro atoms. The van der Waals surface area contributed by atoms with Crippen molar-refractivity contribution >= 4 is 23.2 Å². The van der Waals surface area contributed by atoms with Gasteiger partial charge >= 0.3 is 0 Å². The minimum atomic E-state index is -2.81. The van der Waals surface area contributed by atoms with Crippen molar-refractivity contribution in [1.82, 2.24) is 4.98 Å². The van der Waals surface area contributed by atoms with Crippen LogP contribution in [0.2, 0.25) is 5.15 Å². The predicted octanol–water partition coefficient (Wildman–Crippen LogP) is 3.12. The topological polar surface area (TPSA) is 33.1 Å². The number of rotatable bonds is 2. The Balaban J connectivity index is 3.35. The highest BCUT2D eigenvalue weighted by Crippen LogP contribution is 2.34. The van der Waals surface area contributed by atoms with Gasteiger partial charge in [0, 0.05) is 5.56 Å². The summed E-state index contributed by atoms with van der Waals surface area (Å²) in [6.07, 6.45) is -1.94. The lowest BCUT2D eigenvalue weighted by atomic mass is 10.1. The van der Waals surface area contributed by atoms with Gasteiger partial charge in [-0.2, -0.15) is 0 Å². The lowest BCUT2D eigenvalue weighted by Gasteiger charge is -2.08. The first-order valence-corrected chi connectivity index (χ1v) is 4.19. The fourth-order valence-corrected chi connectivity index (χ4v) is 1.46. The standard InChI is InChI=1S/C7H5Cl2F2NO/c8-1-3-5(7(10)11)4(13)2-12-6(3)9/h2,7,13H,1H2. The number of aromatic nitrogens is 1. The molecule has 0 unspecified atom stereocenters. The maximum atomic E-state index is 12.4. The van der Waals surface area contributed by atoms with Gasteiger partial charge in [0.05, 0.1) is 17.6 Å². The summed E-state index contributed by atoms with van der Waals surface area (Å²) in [6.45, 7) is 0. The molecule has 1 aromatic heterocycles. The third kappa shape index (κ3) is 2.00. The second kappa shape index (κ2) is 4.07. The van der Waals surface area contributed by atoms with E-state index in [1.807, 2.05) is 0 Å². The Morgan fingerprint density at radius 1 is 1.54 bits per heavy atom. The molecule has 1 N–H and O–H groups in total. The molecule has 13 heavy (non-hydrogen) atoms. The smallest absolute Gasteiger partial charge is 0.267 e. The molecule has 0 radical (unpaired) electrons. The summed E-state index contributed by atoms with van der Waals surface area (Å²) >= 11 is 10.9. The van der Waals surface area contributed by atoms with Crippen LogP contribution in [0.25, 0.3) is 0 Å². The zero-order valence-corrected chi connectivity index (χ0v) is 7.78. The van der Waals surface area contributed by atoms with Crippen LogP contribution in [0.3, 0.4) is 0 Å². The fraction of sp³-hybridized carbons (Fsp3) is 0.286. The Morgan fingerprint density at radius 2 is 2.15 bits per heavy atom. The van der Waals surface area contributed by atoms with Crippen LogP contribution in [0, 0.1) is 0 Å². The van der Waals surface area contributed by atoms with Gasteiger partial charge in [-0.25, -0.2) is 13.8 Å². The minimum Gasteiger partial charge on any atom is -0.506 e. The SMILES string of the molecule is Oc1cnc(Cl)c(CCl)c1C(F)F. The van der Waals surface area contributed by atoms with Crippen molar-refractivity contribution in [2.45, 2.75) is 12.3 Å². The molecule has 6 heteroatoms. The van der Waals surface area contributed by atoms with E-state index in [-0.39, 0.29) is 16.6 Å². The Morgan fingerprint density at radius 3 is 2.54 bits per heavy atom. The molecule has 72 valence electrons. The van der Waals surface area contributed by atoms with Gasteiger partial charge in [0.2, 0.25) is 0 Å². The highest BCUT2D eigenvalue weighted by molar-refractivity contribution is 6.31. The molecule has 2 nitrogen and oxygen atoms in total. The van der Waals surface area contributed by atoms with Crippen molar-refractivity contribution in [3.63, 3.8) is 0 Å². The molecule has 0 saturated carbocycles. The molecule has 0 saturated heterocycles. The Bertz CT molecular complexity index is 320. The van der Waals surface area contributed by atoms with E-state index in [0.29, 0.717) is 0 Å². The normalized spacial score (nSPS) is 10.8. The molecule has 0 aliphatic heterocycles. The van der Waals surface area contributed by atoms with E-state index >= 15 is 0 Å². The van der Waals surface area contributed by atoms with Crippen LogP contribution in [-0.4, -0.2) is 10.1 Å². The van der Waals surface area contributed by atoms with Crippen molar-refractivity contribution in [2.75, 3.05) is 0 Å². The maximum Gasteiger partial charge on any atom is 0.267 e. The lowest BCUT2D eigenvalue weighted by Crippen LogP contribution is -1.96. The molecular formula is C7H5Cl2F2NO. The van der Waals surface area contributed by atoms with Crippen molar-refractivity contribution in [2.24, 2.45) is 0 Å². The summed E-state index contributed by atoms with van der Waals surface area (Å²) in [5.74, 6) is -0.796. The van der Waals surface area contributed by atoms with E-state index in [9.17, 15) is 8.78 Å². The number of pyridine rings is 1. The minimum absolute atomic E-state index is 0.0293. The van der Waals surface area contributed by atoms with Crippen LogP contribution in [0.4, 0.5) is 8.78 Å². The number of aromatic hydroxyl groups is 1. The molecule has 0 aromatic carbocycles. The number of hydrogen-bond donors (Lipinski definition) is 1. The van der Waals surface area contributed by atoms with Gasteiger partial charge in [0.15, 0.2) is 0 Å². The van der Waals surface area contributed by atoms with Crippen molar-refractivity contribution in [3.8, 4) is 5.75 Å². The van der Waals surface area contributed by atoms with E-state index in [1.165, 1.54) is 0 Å². The maximum absolute atomic E-state index is 12.4. The molecule has 0 amide bonds. The van der Waals surface area contributed by atoms with Crippen LogP contribution in [0.1, 0.15) is 17.6 Å². The molecule has 1 heterocycles. The first-order chi connectivity index (χ1) is 6.07. The van der Waals surface area contributed by atoms with Gasteiger partial charge in [0.1, 0.15) is 10.9 Å². The van der Waals surface area contributed by atoms with Gasteiger partial charge in [0.25, 0.3) is 6.43 Å². The second-order valence-corrected chi connectivity index (χ2v) is 2.89. The van der Waals surface area contributed by atoms with Crippen LogP contribution in [-0.2, 0) is 5.88 Å². The van der Waals surface area contributed by atoms with E-state index in [4.69, 9.17) is 28.3 Å². The summed E-state index contributed by atoms with van der Waals surface area (Å²) in [5, 5.41) is 8.95. The van der Waals surface area contributed by atoms with Crippen LogP contribution < -0.4 is 0 Å². The average molecular weight is 228 g/mol. The Kier molecular flexibility index (Phi) is 3.27. The summed E-state index contributed by atoms with van der Waals surface area (Å²) < 4.78 is 24.7. The predicted molar refractivity (Wildman–Crippen MR) is 45.4 cm³/mol. The molecule has 1 rings (SSSR count). The van der Waals surface area contributed by atoms with Crippen LogP contribution in [0.5, 0.6) is 5.75 Å². The van der Waals surface area contributed by atoms with Crippen molar-refractivity contribution in [3.05, 3.63) is 22.5 Å². The van der Waals surface area contributed by atoms with Crippen LogP contribution >= 0.6 is 23.2 Å². The molecule has 0 atom stereocenters. The van der Waals surface area contributed by atoms with E-state index < -0.39 is 17.7 Å². The second-order valence-electron chi connectivity index (χ2n) is 2.26. The zero-order chi connectivity index (χ0) is 10.0. The first-order valence-electron chi connectivity index (χ1n) is 3.28. The van der Waals surface area contributed by atoms with Gasteiger partial charge in [-0.1, -0.05) is 11.6 Å². The van der Waals surface area contributed by atoms with Gasteiger partial charge in [-0.15, -0.1) is 11.6 Å². The van der Waals surface area contributed by atoms with Gasteiger partial charge in [-0.05, 0) is 0 Å². The van der Waals surface area contributed by atoms with Gasteiger partial charge in [-0.3, -0.25) is 0 Å². The molecule has 0 aliphatic carbocycles. The molecule has 0 aliphatic rings. The van der Waals surface area contributed by atoms with Crippen LogP contribution in [0.15, 0.2) is 6.20 Å². The Labute approximate surface area is 83.1 Å². The zero-order valence-electron chi connectivity index (χ0n) is 6.27. The average Bonchev–Trinajstić information content (AvgIpc) is 2.07. The van der Waals surface area contributed by atoms with Crippen molar-refractivity contribution < 1.29 is 13.9 Å². The third-order valence-electron chi connectivity index (χ3n) is 1.50. The summed E-state index contributed by atoms with van der Waals surface area (Å²) in [5.41, 5.74) is -0.576. The first kappa shape index (κ1) is 10.5. The highest BCUT2D eigenvalue weighted by Gasteiger charge is 2.20. The summed E-state index contributed by atoms with van der Waals surface area (Å²) in [7, 11) is 0. The van der Waals surface area contributed by atoms with Crippen molar-refractivity contribution in [1.29, 1.82) is 0 Å². The summed E-state index contributed by atoms with van der Waals surface area (Å²) in [4.78, 5) is 3.49. The number of halogens is 4. The highest BCUT2D eigenvalue weighted by atomic mass is 35.5. The molecule has 0 bridgehead atoms. The fourth-order valence-electron chi connectivity index (χ4n) is 0.902. The van der Waals surface area contributed by atoms with E-state index in [0.717, 1.165) is 6.20 Å². The molecule has 0 fully saturated rings.